The molecule has 0 radical (unpaired) electrons. The van der Waals surface area contributed by atoms with Gasteiger partial charge in [0.2, 0.25) is 0 Å². The molecule has 5 heteroatoms. The summed E-state index contributed by atoms with van der Waals surface area (Å²) in [5, 5.41) is 3.08. The first-order valence-electron chi connectivity index (χ1n) is 7.35. The molecule has 2 rings (SSSR count). The molecule has 2 amide bonds. The van der Waals surface area contributed by atoms with E-state index < -0.39 is 0 Å². The summed E-state index contributed by atoms with van der Waals surface area (Å²) in [6.45, 7) is 8.41. The van der Waals surface area contributed by atoms with Crippen LogP contribution in [0.2, 0.25) is 0 Å². The van der Waals surface area contributed by atoms with Crippen LogP contribution in [0.1, 0.15) is 46.5 Å². The molecule has 110 valence electrons. The number of rotatable bonds is 2. The van der Waals surface area contributed by atoms with Crippen molar-refractivity contribution in [1.82, 2.24) is 10.2 Å². The van der Waals surface area contributed by atoms with Crippen molar-refractivity contribution < 1.29 is 9.53 Å². The molecule has 5 nitrogen and oxygen atoms in total. The molecule has 0 aliphatic carbocycles. The monoisotopic (exact) mass is 269 g/mol. The van der Waals surface area contributed by atoms with Gasteiger partial charge in [-0.05, 0) is 39.5 Å². The van der Waals surface area contributed by atoms with Crippen LogP contribution >= 0.6 is 0 Å². The maximum absolute atomic E-state index is 12.2. The van der Waals surface area contributed by atoms with Crippen LogP contribution in [0, 0.1) is 0 Å². The normalized spacial score (nSPS) is 26.7. The SMILES string of the molecule is CCC(C)(C)NC(=O)N1CCC2(CC1)OCCC2N. The Morgan fingerprint density at radius 1 is 1.47 bits per heavy atom. The maximum atomic E-state index is 12.2. The molecule has 1 spiro atoms. The fourth-order valence-electron chi connectivity index (χ4n) is 2.82. The van der Waals surface area contributed by atoms with Gasteiger partial charge in [-0.15, -0.1) is 0 Å². The molecule has 0 aromatic carbocycles. The lowest BCUT2D eigenvalue weighted by atomic mass is 9.85. The molecule has 1 unspecified atom stereocenters. The van der Waals surface area contributed by atoms with E-state index in [4.69, 9.17) is 10.5 Å². The number of amides is 2. The highest BCUT2D eigenvalue weighted by atomic mass is 16.5. The first kappa shape index (κ1) is 14.6. The molecule has 0 aromatic rings. The number of carbonyl (C=O) groups excluding carboxylic acids is 1. The minimum Gasteiger partial charge on any atom is -0.373 e. The van der Waals surface area contributed by atoms with E-state index in [-0.39, 0.29) is 23.2 Å². The summed E-state index contributed by atoms with van der Waals surface area (Å²) in [6.07, 6.45) is 3.57. The quantitative estimate of drug-likeness (QED) is 0.797. The number of nitrogens with two attached hydrogens (primary N) is 1. The van der Waals surface area contributed by atoms with Gasteiger partial charge in [-0.25, -0.2) is 4.79 Å². The van der Waals surface area contributed by atoms with E-state index in [1.165, 1.54) is 0 Å². The molecule has 0 bridgehead atoms. The van der Waals surface area contributed by atoms with Crippen LogP contribution in [0.5, 0.6) is 0 Å². The van der Waals surface area contributed by atoms with Crippen LogP contribution in [0.3, 0.4) is 0 Å². The topological polar surface area (TPSA) is 67.6 Å². The summed E-state index contributed by atoms with van der Waals surface area (Å²) in [4.78, 5) is 14.1. The Balaban J connectivity index is 1.88. The van der Waals surface area contributed by atoms with Gasteiger partial charge in [0.05, 0.1) is 5.60 Å². The predicted molar refractivity (Wildman–Crippen MR) is 75.0 cm³/mol. The fourth-order valence-corrected chi connectivity index (χ4v) is 2.82. The molecule has 2 fully saturated rings. The van der Waals surface area contributed by atoms with Crippen molar-refractivity contribution in [3.63, 3.8) is 0 Å². The Kier molecular flexibility index (Phi) is 4.06. The summed E-state index contributed by atoms with van der Waals surface area (Å²) in [7, 11) is 0. The Labute approximate surface area is 115 Å². The lowest BCUT2D eigenvalue weighted by Crippen LogP contribution is -2.57. The van der Waals surface area contributed by atoms with Gasteiger partial charge in [0, 0.05) is 31.3 Å². The van der Waals surface area contributed by atoms with Gasteiger partial charge in [0.1, 0.15) is 0 Å². The number of hydrogen-bond donors (Lipinski definition) is 2. The summed E-state index contributed by atoms with van der Waals surface area (Å²) in [5.41, 5.74) is 5.83. The van der Waals surface area contributed by atoms with E-state index in [9.17, 15) is 4.79 Å². The molecule has 2 aliphatic heterocycles. The number of piperidine rings is 1. The highest BCUT2D eigenvalue weighted by Crippen LogP contribution is 2.35. The highest BCUT2D eigenvalue weighted by molar-refractivity contribution is 5.75. The van der Waals surface area contributed by atoms with Crippen molar-refractivity contribution in [2.45, 2.75) is 63.6 Å². The highest BCUT2D eigenvalue weighted by Gasteiger charge is 2.45. The average Bonchev–Trinajstić information content (AvgIpc) is 2.71. The Morgan fingerprint density at radius 2 is 2.11 bits per heavy atom. The van der Waals surface area contributed by atoms with Gasteiger partial charge in [-0.1, -0.05) is 6.92 Å². The van der Waals surface area contributed by atoms with Gasteiger partial charge in [0.15, 0.2) is 0 Å². The molecule has 2 aliphatic rings. The second kappa shape index (κ2) is 5.29. The van der Waals surface area contributed by atoms with Gasteiger partial charge in [0.25, 0.3) is 0 Å². The minimum atomic E-state index is -0.170. The lowest BCUT2D eigenvalue weighted by molar-refractivity contribution is -0.0441. The molecule has 1 atom stereocenters. The largest absolute Gasteiger partial charge is 0.373 e. The third kappa shape index (κ3) is 3.03. The van der Waals surface area contributed by atoms with E-state index in [1.807, 2.05) is 18.7 Å². The van der Waals surface area contributed by atoms with Crippen molar-refractivity contribution in [1.29, 1.82) is 0 Å². The average molecular weight is 269 g/mol. The number of hydrogen-bond acceptors (Lipinski definition) is 3. The van der Waals surface area contributed by atoms with E-state index in [1.54, 1.807) is 0 Å². The van der Waals surface area contributed by atoms with Crippen LogP contribution in [0.25, 0.3) is 0 Å². The number of nitrogens with zero attached hydrogens (tertiary/aromatic N) is 1. The molecule has 0 aromatic heterocycles. The Hall–Kier alpha value is -0.810. The molecule has 3 N–H and O–H groups in total. The van der Waals surface area contributed by atoms with E-state index >= 15 is 0 Å². The van der Waals surface area contributed by atoms with Gasteiger partial charge in [-0.2, -0.15) is 0 Å². The zero-order valence-corrected chi connectivity index (χ0v) is 12.4. The first-order chi connectivity index (χ1) is 8.88. The van der Waals surface area contributed by atoms with Gasteiger partial charge in [-0.3, -0.25) is 0 Å². The number of likely N-dealkylation sites (tertiary alicyclic amines) is 1. The number of ether oxygens (including phenoxy) is 1. The van der Waals surface area contributed by atoms with Crippen molar-refractivity contribution in [3.8, 4) is 0 Å². The van der Waals surface area contributed by atoms with E-state index in [0.29, 0.717) is 0 Å². The second-order valence-electron chi connectivity index (χ2n) is 6.46. The van der Waals surface area contributed by atoms with E-state index in [0.717, 1.165) is 45.4 Å². The predicted octanol–water partition coefficient (Wildman–Crippen LogP) is 1.47. The van der Waals surface area contributed by atoms with Crippen molar-refractivity contribution in [2.24, 2.45) is 5.73 Å². The molecule has 0 saturated carbocycles. The summed E-state index contributed by atoms with van der Waals surface area (Å²) in [5.74, 6) is 0. The molecule has 2 saturated heterocycles. The number of urea groups is 1. The lowest BCUT2D eigenvalue weighted by Gasteiger charge is -2.41. The smallest absolute Gasteiger partial charge is 0.317 e. The molecule has 19 heavy (non-hydrogen) atoms. The summed E-state index contributed by atoms with van der Waals surface area (Å²) < 4.78 is 5.86. The summed E-state index contributed by atoms with van der Waals surface area (Å²) >= 11 is 0. The standard InChI is InChI=1S/C14H27N3O2/c1-4-13(2,3)16-12(18)17-8-6-14(7-9-17)11(15)5-10-19-14/h11H,4-10,15H2,1-3H3,(H,16,18). The van der Waals surface area contributed by atoms with Crippen molar-refractivity contribution in [3.05, 3.63) is 0 Å². The minimum absolute atomic E-state index is 0.0354. The fraction of sp³-hybridized carbons (Fsp3) is 0.929. The zero-order chi connectivity index (χ0) is 14.1. The van der Waals surface area contributed by atoms with Gasteiger partial charge >= 0.3 is 6.03 Å². The first-order valence-corrected chi connectivity index (χ1v) is 7.35. The number of carbonyl (C=O) groups is 1. The van der Waals surface area contributed by atoms with E-state index in [2.05, 4.69) is 12.2 Å². The van der Waals surface area contributed by atoms with Crippen LogP contribution in [0.15, 0.2) is 0 Å². The van der Waals surface area contributed by atoms with Crippen LogP contribution in [0.4, 0.5) is 4.79 Å². The van der Waals surface area contributed by atoms with Crippen molar-refractivity contribution in [2.75, 3.05) is 19.7 Å². The third-order valence-corrected chi connectivity index (χ3v) is 4.72. The van der Waals surface area contributed by atoms with Crippen LogP contribution in [-0.2, 0) is 4.74 Å². The zero-order valence-electron chi connectivity index (χ0n) is 12.4. The van der Waals surface area contributed by atoms with Crippen LogP contribution in [-0.4, -0.2) is 47.8 Å². The third-order valence-electron chi connectivity index (χ3n) is 4.72. The Morgan fingerprint density at radius 3 is 2.58 bits per heavy atom. The number of nitrogens with one attached hydrogen (secondary N) is 1. The maximum Gasteiger partial charge on any atom is 0.317 e. The van der Waals surface area contributed by atoms with Gasteiger partial charge < -0.3 is 20.7 Å². The Bertz CT molecular complexity index is 336. The van der Waals surface area contributed by atoms with Crippen molar-refractivity contribution >= 4 is 6.03 Å². The van der Waals surface area contributed by atoms with Crippen LogP contribution < -0.4 is 11.1 Å². The second-order valence-corrected chi connectivity index (χ2v) is 6.46. The summed E-state index contributed by atoms with van der Waals surface area (Å²) in [6, 6.07) is 0.165. The molecule has 2 heterocycles. The molecular formula is C14H27N3O2. The molecular weight excluding hydrogens is 242 g/mol.